The van der Waals surface area contributed by atoms with Gasteiger partial charge in [-0.25, -0.2) is 19.7 Å². The van der Waals surface area contributed by atoms with E-state index in [2.05, 4.69) is 20.3 Å². The highest BCUT2D eigenvalue weighted by Gasteiger charge is 2.20. The van der Waals surface area contributed by atoms with Crippen LogP contribution >= 0.6 is 0 Å². The molecule has 4 rings (SSSR count). The molecule has 2 aromatic carbocycles. The number of aromatic nitrogens is 4. The molecule has 11 heteroatoms. The maximum absolute atomic E-state index is 12.9. The lowest BCUT2D eigenvalue weighted by Gasteiger charge is -2.15. The molecule has 0 aliphatic carbocycles. The van der Waals surface area contributed by atoms with Crippen LogP contribution in [-0.4, -0.2) is 52.2 Å². The maximum atomic E-state index is 12.9. The van der Waals surface area contributed by atoms with Gasteiger partial charge in [-0.1, -0.05) is 18.2 Å². The Balaban J connectivity index is 1.47. The Kier molecular flexibility index (Phi) is 7.05. The first-order chi connectivity index (χ1) is 17.0. The van der Waals surface area contributed by atoms with Crippen molar-refractivity contribution in [1.82, 2.24) is 19.5 Å². The number of carbonyl (C=O) groups is 2. The lowest BCUT2D eigenvalue weighted by molar-refractivity contribution is 0.0497. The van der Waals surface area contributed by atoms with Crippen LogP contribution in [0.1, 0.15) is 27.1 Å². The third-order valence-corrected chi connectivity index (χ3v) is 5.23. The van der Waals surface area contributed by atoms with E-state index in [0.29, 0.717) is 47.0 Å². The fourth-order valence-corrected chi connectivity index (χ4v) is 3.48. The van der Waals surface area contributed by atoms with E-state index in [1.165, 1.54) is 32.7 Å². The molecule has 0 radical (unpaired) electrons. The number of nitrogen functional groups attached to an aromatic ring is 1. The summed E-state index contributed by atoms with van der Waals surface area (Å²) < 4.78 is 17.9. The first kappa shape index (κ1) is 23.5. The molecule has 180 valence electrons. The number of nitrogens with one attached hydrogen (secondary N) is 1. The number of carbonyl (C=O) groups excluding carboxylic acids is 2. The van der Waals surface area contributed by atoms with Crippen LogP contribution < -0.4 is 20.5 Å². The number of anilines is 2. The number of hydrogen-bond acceptors (Lipinski definition) is 9. The second kappa shape index (κ2) is 10.5. The minimum Gasteiger partial charge on any atom is -0.493 e. The highest BCUT2D eigenvalue weighted by molar-refractivity contribution is 6.08. The molecule has 2 aromatic heterocycles. The van der Waals surface area contributed by atoms with Gasteiger partial charge in [0.15, 0.2) is 23.0 Å². The molecule has 4 aromatic rings. The van der Waals surface area contributed by atoms with Crippen molar-refractivity contribution < 1.29 is 23.8 Å². The maximum Gasteiger partial charge on any atom is 0.340 e. The Morgan fingerprint density at radius 2 is 1.77 bits per heavy atom. The Hall–Kier alpha value is -4.67. The molecule has 1 amide bonds. The number of ether oxygens (including phenoxy) is 3. The summed E-state index contributed by atoms with van der Waals surface area (Å²) in [5, 5.41) is 2.76. The number of benzene rings is 2. The quantitative estimate of drug-likeness (QED) is 0.275. The lowest BCUT2D eigenvalue weighted by atomic mass is 10.1. The fraction of sp³-hybridized carbons (Fsp3) is 0.208. The van der Waals surface area contributed by atoms with Crippen LogP contribution in [0.4, 0.5) is 11.5 Å². The lowest BCUT2D eigenvalue weighted by Crippen LogP contribution is -2.17. The van der Waals surface area contributed by atoms with Crippen molar-refractivity contribution in [3.05, 3.63) is 66.2 Å². The largest absolute Gasteiger partial charge is 0.493 e. The standard InChI is InChI=1S/C24H24N6O5/c1-33-18-11-16(17(12-19(18)34-2)29-23(31)15-7-4-3-5-8-15)24(32)35-10-6-9-30-14-28-20-21(25)26-13-27-22(20)30/h3-5,7-8,11-14H,6,9-10H2,1-2H3,(H,29,31)(H2,25,26,27). The number of nitrogens with two attached hydrogens (primary N) is 1. The zero-order chi connectivity index (χ0) is 24.8. The molecule has 11 nitrogen and oxygen atoms in total. The molecule has 0 fully saturated rings. The SMILES string of the molecule is COc1cc(NC(=O)c2ccccc2)c(C(=O)OCCCn2cnc3c(N)ncnc32)cc1OC. The third-order valence-electron chi connectivity index (χ3n) is 5.23. The van der Waals surface area contributed by atoms with Crippen LogP contribution in [-0.2, 0) is 11.3 Å². The molecule has 0 saturated carbocycles. The van der Waals surface area contributed by atoms with Gasteiger partial charge in [0.25, 0.3) is 5.91 Å². The van der Waals surface area contributed by atoms with E-state index in [0.717, 1.165) is 0 Å². The van der Waals surface area contributed by atoms with Crippen molar-refractivity contribution in [2.24, 2.45) is 0 Å². The van der Waals surface area contributed by atoms with Gasteiger partial charge in [-0.3, -0.25) is 4.79 Å². The molecule has 0 spiro atoms. The van der Waals surface area contributed by atoms with Crippen molar-refractivity contribution in [1.29, 1.82) is 0 Å². The fourth-order valence-electron chi connectivity index (χ4n) is 3.48. The van der Waals surface area contributed by atoms with E-state index in [9.17, 15) is 9.59 Å². The summed E-state index contributed by atoms with van der Waals surface area (Å²) in [6.07, 6.45) is 3.49. The molecule has 0 bridgehead atoms. The van der Waals surface area contributed by atoms with Crippen LogP contribution in [0.15, 0.2) is 55.1 Å². The van der Waals surface area contributed by atoms with Gasteiger partial charge >= 0.3 is 5.97 Å². The third kappa shape index (κ3) is 5.13. The molecule has 2 heterocycles. The summed E-state index contributed by atoms with van der Waals surface area (Å²) in [6.45, 7) is 0.628. The van der Waals surface area contributed by atoms with Gasteiger partial charge in [-0.05, 0) is 18.6 Å². The van der Waals surface area contributed by atoms with E-state index < -0.39 is 5.97 Å². The Bertz CT molecular complexity index is 1360. The van der Waals surface area contributed by atoms with Gasteiger partial charge in [0, 0.05) is 24.2 Å². The Labute approximate surface area is 200 Å². The average Bonchev–Trinajstić information content (AvgIpc) is 3.31. The topological polar surface area (TPSA) is 143 Å². The molecule has 0 unspecified atom stereocenters. The number of esters is 1. The van der Waals surface area contributed by atoms with Gasteiger partial charge in [-0.15, -0.1) is 0 Å². The number of amides is 1. The summed E-state index contributed by atoms with van der Waals surface area (Å²) in [5.74, 6) is 0.00943. The number of nitrogens with zero attached hydrogens (tertiary/aromatic N) is 4. The molecule has 35 heavy (non-hydrogen) atoms. The minimum absolute atomic E-state index is 0.124. The number of methoxy groups -OCH3 is 2. The molecule has 0 saturated heterocycles. The average molecular weight is 476 g/mol. The monoisotopic (exact) mass is 476 g/mol. The molecular weight excluding hydrogens is 452 g/mol. The van der Waals surface area contributed by atoms with E-state index in [1.807, 2.05) is 10.6 Å². The summed E-state index contributed by atoms with van der Waals surface area (Å²) in [6, 6.07) is 11.7. The highest BCUT2D eigenvalue weighted by atomic mass is 16.5. The van der Waals surface area contributed by atoms with Gasteiger partial charge in [0.2, 0.25) is 0 Å². The van der Waals surface area contributed by atoms with E-state index in [-0.39, 0.29) is 23.8 Å². The van der Waals surface area contributed by atoms with Gasteiger partial charge < -0.3 is 29.8 Å². The molecule has 0 aliphatic rings. The normalized spacial score (nSPS) is 10.7. The second-order valence-corrected chi connectivity index (χ2v) is 7.43. The van der Waals surface area contributed by atoms with Crippen LogP contribution in [0.25, 0.3) is 11.2 Å². The van der Waals surface area contributed by atoms with Crippen LogP contribution in [0.3, 0.4) is 0 Å². The van der Waals surface area contributed by atoms with Gasteiger partial charge in [0.05, 0.1) is 38.4 Å². The second-order valence-electron chi connectivity index (χ2n) is 7.43. The first-order valence-corrected chi connectivity index (χ1v) is 10.7. The predicted octanol–water partition coefficient (Wildman–Crippen LogP) is 2.93. The van der Waals surface area contributed by atoms with Crippen molar-refractivity contribution in [2.75, 3.05) is 31.9 Å². The molecule has 0 atom stereocenters. The number of hydrogen-bond donors (Lipinski definition) is 2. The van der Waals surface area contributed by atoms with Gasteiger partial charge in [-0.2, -0.15) is 0 Å². The summed E-state index contributed by atoms with van der Waals surface area (Å²) >= 11 is 0. The van der Waals surface area contributed by atoms with E-state index >= 15 is 0 Å². The van der Waals surface area contributed by atoms with Gasteiger partial charge in [0.1, 0.15) is 11.8 Å². The van der Waals surface area contributed by atoms with Crippen molar-refractivity contribution >= 4 is 34.5 Å². The smallest absolute Gasteiger partial charge is 0.340 e. The summed E-state index contributed by atoms with van der Waals surface area (Å²) in [5.41, 5.74) is 7.77. The number of fused-ring (bicyclic) bond motifs is 1. The van der Waals surface area contributed by atoms with Crippen LogP contribution in [0.5, 0.6) is 11.5 Å². The number of rotatable bonds is 9. The first-order valence-electron chi connectivity index (χ1n) is 10.7. The van der Waals surface area contributed by atoms with Crippen LogP contribution in [0.2, 0.25) is 0 Å². The minimum atomic E-state index is -0.614. The summed E-state index contributed by atoms with van der Waals surface area (Å²) in [4.78, 5) is 38.0. The highest BCUT2D eigenvalue weighted by Crippen LogP contribution is 2.34. The zero-order valence-electron chi connectivity index (χ0n) is 19.2. The molecule has 0 aliphatic heterocycles. The Morgan fingerprint density at radius 1 is 1.03 bits per heavy atom. The molecule has 3 N–H and O–H groups in total. The van der Waals surface area contributed by atoms with Crippen LogP contribution in [0, 0.1) is 0 Å². The predicted molar refractivity (Wildman–Crippen MR) is 129 cm³/mol. The van der Waals surface area contributed by atoms with E-state index in [1.54, 1.807) is 30.6 Å². The summed E-state index contributed by atoms with van der Waals surface area (Å²) in [7, 11) is 2.93. The zero-order valence-corrected chi connectivity index (χ0v) is 19.2. The number of imidazole rings is 1. The van der Waals surface area contributed by atoms with Crippen molar-refractivity contribution in [3.63, 3.8) is 0 Å². The number of aryl methyl sites for hydroxylation is 1. The Morgan fingerprint density at radius 3 is 2.51 bits per heavy atom. The van der Waals surface area contributed by atoms with E-state index in [4.69, 9.17) is 19.9 Å². The van der Waals surface area contributed by atoms with Crippen molar-refractivity contribution in [2.45, 2.75) is 13.0 Å². The van der Waals surface area contributed by atoms with Crippen molar-refractivity contribution in [3.8, 4) is 11.5 Å². The molecular formula is C24H24N6O5.